The molecule has 0 radical (unpaired) electrons. The van der Waals surface area contributed by atoms with E-state index in [0.717, 1.165) is 12.1 Å². The summed E-state index contributed by atoms with van der Waals surface area (Å²) in [4.78, 5) is 12.9. The molecule has 0 aliphatic carbocycles. The molecule has 0 saturated heterocycles. The van der Waals surface area contributed by atoms with Crippen LogP contribution in [0.4, 0.5) is 30.7 Å². The van der Waals surface area contributed by atoms with Crippen molar-refractivity contribution in [2.24, 2.45) is 0 Å². The van der Waals surface area contributed by atoms with Gasteiger partial charge in [0.25, 0.3) is 0 Å². The molecule has 5 nitrogen and oxygen atoms in total. The molecule has 1 aromatic heterocycles. The SMILES string of the molecule is O=c1cc(C(F)(F)F)c2cc(S(=O)(=O)NCc3cc(C(F)(F)F)ccc3F)ccc2[nH]1. The van der Waals surface area contributed by atoms with Gasteiger partial charge in [-0.05, 0) is 36.4 Å². The number of nitrogens with one attached hydrogen (secondary N) is 2. The second kappa shape index (κ2) is 7.64. The van der Waals surface area contributed by atoms with Crippen LogP contribution in [0.2, 0.25) is 0 Å². The van der Waals surface area contributed by atoms with Crippen molar-refractivity contribution < 1.29 is 39.2 Å². The Labute approximate surface area is 169 Å². The third kappa shape index (κ3) is 4.88. The van der Waals surface area contributed by atoms with Crippen LogP contribution in [0.15, 0.2) is 52.2 Å². The van der Waals surface area contributed by atoms with E-state index in [-0.39, 0.29) is 11.6 Å². The number of aromatic amines is 1. The average Bonchev–Trinajstić information content (AvgIpc) is 2.64. The Morgan fingerprint density at radius 2 is 1.58 bits per heavy atom. The second-order valence-electron chi connectivity index (χ2n) is 6.38. The monoisotopic (exact) mass is 468 g/mol. The number of sulfonamides is 1. The van der Waals surface area contributed by atoms with Gasteiger partial charge >= 0.3 is 12.4 Å². The highest BCUT2D eigenvalue weighted by Crippen LogP contribution is 2.34. The summed E-state index contributed by atoms with van der Waals surface area (Å²) >= 11 is 0. The standard InChI is InChI=1S/C18H11F7N2O3S/c19-14-3-1-10(17(20,21)22)5-9(14)8-26-31(29,30)11-2-4-15-12(6-11)13(18(23,24)25)7-16(28)27-15/h1-7,26H,8H2,(H,27,28). The molecule has 2 N–H and O–H groups in total. The van der Waals surface area contributed by atoms with Crippen LogP contribution in [0.3, 0.4) is 0 Å². The topological polar surface area (TPSA) is 79.0 Å². The van der Waals surface area contributed by atoms with Crippen molar-refractivity contribution in [1.29, 1.82) is 0 Å². The third-order valence-corrected chi connectivity index (χ3v) is 5.65. The van der Waals surface area contributed by atoms with Gasteiger partial charge in [0, 0.05) is 29.1 Å². The van der Waals surface area contributed by atoms with Crippen LogP contribution in [0, 0.1) is 5.82 Å². The first-order valence-electron chi connectivity index (χ1n) is 8.28. The van der Waals surface area contributed by atoms with Crippen molar-refractivity contribution >= 4 is 20.9 Å². The maximum absolute atomic E-state index is 13.8. The van der Waals surface area contributed by atoms with Gasteiger partial charge in [0.15, 0.2) is 0 Å². The number of H-pyrrole nitrogens is 1. The fraction of sp³-hybridized carbons (Fsp3) is 0.167. The highest BCUT2D eigenvalue weighted by atomic mass is 32.2. The molecule has 13 heteroatoms. The lowest BCUT2D eigenvalue weighted by Crippen LogP contribution is -2.24. The number of hydrogen-bond acceptors (Lipinski definition) is 3. The normalized spacial score (nSPS) is 13.0. The van der Waals surface area contributed by atoms with Gasteiger partial charge in [0.2, 0.25) is 15.6 Å². The Kier molecular flexibility index (Phi) is 5.61. The van der Waals surface area contributed by atoms with Crippen molar-refractivity contribution in [3.63, 3.8) is 0 Å². The first-order valence-corrected chi connectivity index (χ1v) is 9.76. The van der Waals surface area contributed by atoms with Gasteiger partial charge in [0.05, 0.1) is 16.0 Å². The number of fused-ring (bicyclic) bond motifs is 1. The Hall–Kier alpha value is -2.93. The molecule has 166 valence electrons. The van der Waals surface area contributed by atoms with E-state index in [9.17, 15) is 43.9 Å². The fourth-order valence-corrected chi connectivity index (χ4v) is 3.81. The van der Waals surface area contributed by atoms with Crippen molar-refractivity contribution in [3.05, 3.63) is 75.3 Å². The van der Waals surface area contributed by atoms with Gasteiger partial charge in [-0.25, -0.2) is 17.5 Å². The third-order valence-electron chi connectivity index (χ3n) is 4.26. The van der Waals surface area contributed by atoms with Gasteiger partial charge in [-0.2, -0.15) is 26.3 Å². The van der Waals surface area contributed by atoms with E-state index in [1.165, 1.54) is 0 Å². The maximum atomic E-state index is 13.8. The zero-order chi connectivity index (χ0) is 23.2. The molecule has 0 spiro atoms. The number of hydrogen-bond donors (Lipinski definition) is 2. The summed E-state index contributed by atoms with van der Waals surface area (Å²) in [6.07, 6.45) is -9.74. The van der Waals surface area contributed by atoms with Crippen molar-refractivity contribution in [2.75, 3.05) is 0 Å². The van der Waals surface area contributed by atoms with E-state index in [1.807, 2.05) is 4.72 Å². The summed E-state index contributed by atoms with van der Waals surface area (Å²) in [6, 6.07) is 4.17. The maximum Gasteiger partial charge on any atom is 0.417 e. The molecular formula is C18H11F7N2O3S. The van der Waals surface area contributed by atoms with Gasteiger partial charge in [-0.15, -0.1) is 0 Å². The fourth-order valence-electron chi connectivity index (χ4n) is 2.78. The molecule has 3 aromatic rings. The summed E-state index contributed by atoms with van der Waals surface area (Å²) in [7, 11) is -4.54. The smallest absolute Gasteiger partial charge is 0.322 e. The van der Waals surface area contributed by atoms with Crippen LogP contribution in [0.25, 0.3) is 10.9 Å². The van der Waals surface area contributed by atoms with E-state index in [2.05, 4.69) is 4.98 Å². The summed E-state index contributed by atoms with van der Waals surface area (Å²) in [6.45, 7) is -0.881. The predicted octanol–water partition coefficient (Wildman–Crippen LogP) is 4.18. The second-order valence-corrected chi connectivity index (χ2v) is 8.15. The quantitative estimate of drug-likeness (QED) is 0.564. The molecule has 31 heavy (non-hydrogen) atoms. The summed E-state index contributed by atoms with van der Waals surface area (Å²) in [5.74, 6) is -1.11. The summed E-state index contributed by atoms with van der Waals surface area (Å²) in [5.41, 5.74) is -4.50. The van der Waals surface area contributed by atoms with Crippen LogP contribution in [0.1, 0.15) is 16.7 Å². The van der Waals surface area contributed by atoms with Crippen molar-refractivity contribution in [2.45, 2.75) is 23.8 Å². The van der Waals surface area contributed by atoms with E-state index in [4.69, 9.17) is 0 Å². The molecule has 0 unspecified atom stereocenters. The molecule has 0 amide bonds. The van der Waals surface area contributed by atoms with Crippen LogP contribution < -0.4 is 10.3 Å². The molecule has 0 atom stereocenters. The Morgan fingerprint density at radius 1 is 0.903 bits per heavy atom. The molecule has 1 heterocycles. The molecular weight excluding hydrogens is 457 g/mol. The van der Waals surface area contributed by atoms with Crippen LogP contribution in [-0.2, 0) is 28.9 Å². The number of halogens is 7. The molecule has 0 fully saturated rings. The number of pyridine rings is 1. The van der Waals surface area contributed by atoms with E-state index in [1.54, 1.807) is 0 Å². The van der Waals surface area contributed by atoms with E-state index in [0.29, 0.717) is 24.3 Å². The number of rotatable bonds is 4. The molecule has 0 aliphatic heterocycles. The zero-order valence-corrected chi connectivity index (χ0v) is 15.8. The largest absolute Gasteiger partial charge is 0.417 e. The predicted molar refractivity (Wildman–Crippen MR) is 95.0 cm³/mol. The Morgan fingerprint density at radius 3 is 2.19 bits per heavy atom. The minimum Gasteiger partial charge on any atom is -0.322 e. The Balaban J connectivity index is 1.98. The van der Waals surface area contributed by atoms with Crippen molar-refractivity contribution in [1.82, 2.24) is 9.71 Å². The van der Waals surface area contributed by atoms with E-state index >= 15 is 0 Å². The average molecular weight is 468 g/mol. The number of benzene rings is 2. The van der Waals surface area contributed by atoms with Gasteiger partial charge in [0.1, 0.15) is 5.82 Å². The summed E-state index contributed by atoms with van der Waals surface area (Å²) < 4.78 is 119. The molecule has 0 saturated carbocycles. The van der Waals surface area contributed by atoms with Crippen LogP contribution in [0.5, 0.6) is 0 Å². The lowest BCUT2D eigenvalue weighted by molar-refractivity contribution is -0.138. The lowest BCUT2D eigenvalue weighted by atomic mass is 10.1. The van der Waals surface area contributed by atoms with Crippen LogP contribution >= 0.6 is 0 Å². The Bertz CT molecular complexity index is 1310. The van der Waals surface area contributed by atoms with Crippen LogP contribution in [-0.4, -0.2) is 13.4 Å². The number of aromatic nitrogens is 1. The van der Waals surface area contributed by atoms with E-state index < -0.39 is 67.3 Å². The molecule has 0 aliphatic rings. The molecule has 2 aromatic carbocycles. The first kappa shape index (κ1) is 22.7. The van der Waals surface area contributed by atoms with Gasteiger partial charge in [-0.3, -0.25) is 4.79 Å². The van der Waals surface area contributed by atoms with Crippen molar-refractivity contribution in [3.8, 4) is 0 Å². The highest BCUT2D eigenvalue weighted by molar-refractivity contribution is 7.89. The molecule has 3 rings (SSSR count). The van der Waals surface area contributed by atoms with Gasteiger partial charge < -0.3 is 4.98 Å². The first-order chi connectivity index (χ1) is 14.2. The number of alkyl halides is 6. The van der Waals surface area contributed by atoms with Gasteiger partial charge in [-0.1, -0.05) is 0 Å². The zero-order valence-electron chi connectivity index (χ0n) is 15.0. The minimum atomic E-state index is -4.95. The molecule has 0 bridgehead atoms. The summed E-state index contributed by atoms with van der Waals surface area (Å²) in [5, 5.41) is -0.611. The highest BCUT2D eigenvalue weighted by Gasteiger charge is 2.34. The minimum absolute atomic E-state index is 0.268. The lowest BCUT2D eigenvalue weighted by Gasteiger charge is -2.13.